The first-order chi connectivity index (χ1) is 10.7. The molecule has 1 aromatic heterocycles. The zero-order valence-electron chi connectivity index (χ0n) is 12.6. The first-order valence-electron chi connectivity index (χ1n) is 7.18. The summed E-state index contributed by atoms with van der Waals surface area (Å²) in [6.07, 6.45) is 4.31. The minimum atomic E-state index is -0.0925. The van der Waals surface area contributed by atoms with E-state index < -0.39 is 0 Å². The smallest absolute Gasteiger partial charge is 0.255 e. The Morgan fingerprint density at radius 3 is 2.55 bits per heavy atom. The van der Waals surface area contributed by atoms with E-state index in [9.17, 15) is 9.90 Å². The highest BCUT2D eigenvalue weighted by atomic mass is 32.2. The largest absolute Gasteiger partial charge is 0.395 e. The normalized spacial score (nSPS) is 10.5. The fraction of sp³-hybridized carbons (Fsp3) is 0.294. The second-order valence-electron chi connectivity index (χ2n) is 4.84. The first-order valence-corrected chi connectivity index (χ1v) is 8.41. The Balaban J connectivity index is 2.03. The second-order valence-corrected chi connectivity index (χ2v) is 5.67. The molecule has 0 fully saturated rings. The Bertz CT molecular complexity index is 587. The van der Waals surface area contributed by atoms with Crippen molar-refractivity contribution in [1.82, 2.24) is 9.88 Å². The van der Waals surface area contributed by atoms with Crippen LogP contribution in [-0.2, 0) is 6.42 Å². The molecule has 0 aliphatic heterocycles. The number of carbonyl (C=O) groups excluding carboxylic acids is 1. The molecule has 0 bridgehead atoms. The summed E-state index contributed by atoms with van der Waals surface area (Å²) in [5, 5.41) is 10.1. The van der Waals surface area contributed by atoms with Crippen molar-refractivity contribution in [3.05, 3.63) is 59.8 Å². The van der Waals surface area contributed by atoms with E-state index in [0.29, 0.717) is 18.7 Å². The van der Waals surface area contributed by atoms with Crippen LogP contribution < -0.4 is 0 Å². The maximum Gasteiger partial charge on any atom is 0.255 e. The number of aliphatic hydroxyl groups excluding tert-OH is 1. The van der Waals surface area contributed by atoms with E-state index >= 15 is 0 Å². The monoisotopic (exact) mass is 316 g/mol. The van der Waals surface area contributed by atoms with Crippen molar-refractivity contribution in [2.75, 3.05) is 26.0 Å². The molecule has 5 heteroatoms. The van der Waals surface area contributed by atoms with Gasteiger partial charge >= 0.3 is 0 Å². The quantitative estimate of drug-likeness (QED) is 0.797. The average molecular weight is 316 g/mol. The van der Waals surface area contributed by atoms with Crippen molar-refractivity contribution in [3.8, 4) is 0 Å². The molecule has 0 saturated heterocycles. The van der Waals surface area contributed by atoms with Gasteiger partial charge in [0, 0.05) is 19.3 Å². The van der Waals surface area contributed by atoms with Gasteiger partial charge in [0.1, 0.15) is 0 Å². The van der Waals surface area contributed by atoms with E-state index in [2.05, 4.69) is 4.98 Å². The molecule has 1 aromatic carbocycles. The minimum absolute atomic E-state index is 0.0448. The summed E-state index contributed by atoms with van der Waals surface area (Å²) in [5.74, 6) is -0.0925. The third-order valence-electron chi connectivity index (χ3n) is 3.36. The third-order valence-corrected chi connectivity index (χ3v) is 4.02. The number of nitrogens with zero attached hydrogens (tertiary/aromatic N) is 2. The van der Waals surface area contributed by atoms with Gasteiger partial charge in [-0.2, -0.15) is 0 Å². The number of hydrogen-bond donors (Lipinski definition) is 1. The summed E-state index contributed by atoms with van der Waals surface area (Å²) in [6, 6.07) is 13.6. The number of carbonyl (C=O) groups is 1. The molecule has 1 heterocycles. The van der Waals surface area contributed by atoms with Crippen molar-refractivity contribution < 1.29 is 9.90 Å². The van der Waals surface area contributed by atoms with Gasteiger partial charge in [0.05, 0.1) is 17.2 Å². The summed E-state index contributed by atoms with van der Waals surface area (Å²) < 4.78 is 0. The van der Waals surface area contributed by atoms with Crippen LogP contribution in [0, 0.1) is 0 Å². The SMILES string of the molecule is CSc1ccc(C(=O)N(CCO)CCc2ccccc2)cn1. The van der Waals surface area contributed by atoms with Crippen LogP contribution in [0.4, 0.5) is 0 Å². The Morgan fingerprint density at radius 1 is 1.18 bits per heavy atom. The summed E-state index contributed by atoms with van der Waals surface area (Å²) in [7, 11) is 0. The van der Waals surface area contributed by atoms with Crippen LogP contribution in [0.5, 0.6) is 0 Å². The molecule has 2 rings (SSSR count). The number of rotatable bonds is 7. The zero-order valence-corrected chi connectivity index (χ0v) is 13.4. The molecule has 0 saturated carbocycles. The number of aliphatic hydroxyl groups is 1. The van der Waals surface area contributed by atoms with Gasteiger partial charge in [-0.1, -0.05) is 30.3 Å². The molecule has 22 heavy (non-hydrogen) atoms. The predicted octanol–water partition coefficient (Wildman–Crippen LogP) is 2.48. The average Bonchev–Trinajstić information content (AvgIpc) is 2.59. The van der Waals surface area contributed by atoms with Gasteiger partial charge in [-0.25, -0.2) is 4.98 Å². The second kappa shape index (κ2) is 8.56. The van der Waals surface area contributed by atoms with E-state index in [4.69, 9.17) is 0 Å². The van der Waals surface area contributed by atoms with Gasteiger partial charge in [0.15, 0.2) is 0 Å². The maximum atomic E-state index is 12.5. The van der Waals surface area contributed by atoms with Crippen molar-refractivity contribution in [1.29, 1.82) is 0 Å². The van der Waals surface area contributed by atoms with E-state index in [-0.39, 0.29) is 12.5 Å². The van der Waals surface area contributed by atoms with Crippen LogP contribution in [0.3, 0.4) is 0 Å². The maximum absolute atomic E-state index is 12.5. The molecule has 2 aromatic rings. The van der Waals surface area contributed by atoms with Gasteiger partial charge in [-0.05, 0) is 30.4 Å². The number of thioether (sulfide) groups is 1. The molecule has 1 N–H and O–H groups in total. The van der Waals surface area contributed by atoms with Crippen LogP contribution in [0.2, 0.25) is 0 Å². The fourth-order valence-electron chi connectivity index (χ4n) is 2.15. The molecule has 0 aliphatic carbocycles. The standard InChI is InChI=1S/C17H20N2O2S/c1-22-16-8-7-15(13-18-16)17(21)19(11-12-20)10-9-14-5-3-2-4-6-14/h2-8,13,20H,9-12H2,1H3. The molecule has 0 spiro atoms. The highest BCUT2D eigenvalue weighted by molar-refractivity contribution is 7.98. The highest BCUT2D eigenvalue weighted by Crippen LogP contribution is 2.13. The fourth-order valence-corrected chi connectivity index (χ4v) is 2.52. The van der Waals surface area contributed by atoms with Gasteiger partial charge in [-0.3, -0.25) is 4.79 Å². The Morgan fingerprint density at radius 2 is 1.95 bits per heavy atom. The predicted molar refractivity (Wildman–Crippen MR) is 89.2 cm³/mol. The highest BCUT2D eigenvalue weighted by Gasteiger charge is 2.15. The molecule has 0 radical (unpaired) electrons. The molecule has 116 valence electrons. The van der Waals surface area contributed by atoms with Gasteiger partial charge in [0.25, 0.3) is 5.91 Å². The number of hydrogen-bond acceptors (Lipinski definition) is 4. The van der Waals surface area contributed by atoms with E-state index in [1.807, 2.05) is 42.7 Å². The van der Waals surface area contributed by atoms with Crippen LogP contribution in [0.1, 0.15) is 15.9 Å². The summed E-state index contributed by atoms with van der Waals surface area (Å²) in [6.45, 7) is 0.862. The van der Waals surface area contributed by atoms with Gasteiger partial charge in [0.2, 0.25) is 0 Å². The van der Waals surface area contributed by atoms with Gasteiger partial charge in [-0.15, -0.1) is 11.8 Å². The minimum Gasteiger partial charge on any atom is -0.395 e. The topological polar surface area (TPSA) is 53.4 Å². The van der Waals surface area contributed by atoms with Crippen molar-refractivity contribution in [3.63, 3.8) is 0 Å². The van der Waals surface area contributed by atoms with Crippen LogP contribution in [0.25, 0.3) is 0 Å². The molecule has 1 amide bonds. The van der Waals surface area contributed by atoms with E-state index in [1.165, 1.54) is 17.3 Å². The lowest BCUT2D eigenvalue weighted by Crippen LogP contribution is -2.35. The third kappa shape index (κ3) is 4.58. The van der Waals surface area contributed by atoms with Crippen molar-refractivity contribution in [2.45, 2.75) is 11.4 Å². The Hall–Kier alpha value is -1.85. The van der Waals surface area contributed by atoms with E-state index in [1.54, 1.807) is 17.2 Å². The first kappa shape index (κ1) is 16.5. The van der Waals surface area contributed by atoms with Crippen molar-refractivity contribution >= 4 is 17.7 Å². The van der Waals surface area contributed by atoms with Crippen LogP contribution >= 0.6 is 11.8 Å². The lowest BCUT2D eigenvalue weighted by Gasteiger charge is -2.21. The van der Waals surface area contributed by atoms with E-state index in [0.717, 1.165) is 11.4 Å². The lowest BCUT2D eigenvalue weighted by molar-refractivity contribution is 0.0723. The number of aromatic nitrogens is 1. The van der Waals surface area contributed by atoms with Crippen molar-refractivity contribution in [2.24, 2.45) is 0 Å². The molecular formula is C17H20N2O2S. The number of pyridine rings is 1. The number of amides is 1. The summed E-state index contributed by atoms with van der Waals surface area (Å²) >= 11 is 1.54. The lowest BCUT2D eigenvalue weighted by atomic mass is 10.1. The van der Waals surface area contributed by atoms with Crippen LogP contribution in [-0.4, -0.2) is 46.8 Å². The molecule has 4 nitrogen and oxygen atoms in total. The van der Waals surface area contributed by atoms with Gasteiger partial charge < -0.3 is 10.0 Å². The van der Waals surface area contributed by atoms with Crippen LogP contribution in [0.15, 0.2) is 53.7 Å². The molecule has 0 unspecified atom stereocenters. The summed E-state index contributed by atoms with van der Waals surface area (Å²) in [5.41, 5.74) is 1.73. The zero-order chi connectivity index (χ0) is 15.8. The Labute approximate surface area is 135 Å². The molecule has 0 aliphatic rings. The number of benzene rings is 1. The Kier molecular flexibility index (Phi) is 6.43. The molecule has 0 atom stereocenters. The molecular weight excluding hydrogens is 296 g/mol. The summed E-state index contributed by atoms with van der Waals surface area (Å²) in [4.78, 5) is 18.4.